The number of ether oxygens (including phenoxy) is 1. The van der Waals surface area contributed by atoms with Gasteiger partial charge in [0.2, 0.25) is 0 Å². The van der Waals surface area contributed by atoms with Gasteiger partial charge in [-0.05, 0) is 31.5 Å². The molecule has 0 radical (unpaired) electrons. The Hall–Kier alpha value is -0.540. The van der Waals surface area contributed by atoms with Gasteiger partial charge in [0.1, 0.15) is 0 Å². The van der Waals surface area contributed by atoms with Crippen molar-refractivity contribution >= 4 is 21.6 Å². The molecule has 0 aliphatic carbocycles. The first-order chi connectivity index (χ1) is 6.75. The first-order valence-corrected chi connectivity index (χ1v) is 5.69. The lowest BCUT2D eigenvalue weighted by atomic mass is 10.1. The Morgan fingerprint density at radius 1 is 1.50 bits per heavy atom. The van der Waals surface area contributed by atoms with Gasteiger partial charge >= 0.3 is 0 Å². The lowest BCUT2D eigenvalue weighted by molar-refractivity contribution is 0.121. The average Bonchev–Trinajstić information content (AvgIpc) is 2.52. The van der Waals surface area contributed by atoms with E-state index in [9.17, 15) is 0 Å². The molecule has 1 aliphatic heterocycles. The van der Waals surface area contributed by atoms with Crippen molar-refractivity contribution in [2.24, 2.45) is 0 Å². The summed E-state index contributed by atoms with van der Waals surface area (Å²) >= 11 is 3.46. The molecule has 0 spiro atoms. The van der Waals surface area contributed by atoms with Crippen molar-refractivity contribution in [1.29, 1.82) is 0 Å². The fraction of sp³-hybridized carbons (Fsp3) is 0.455. The summed E-state index contributed by atoms with van der Waals surface area (Å²) in [4.78, 5) is 0. The molecule has 0 amide bonds. The van der Waals surface area contributed by atoms with Crippen molar-refractivity contribution in [2.75, 3.05) is 11.9 Å². The molecule has 14 heavy (non-hydrogen) atoms. The Morgan fingerprint density at radius 3 is 3.00 bits per heavy atom. The van der Waals surface area contributed by atoms with Crippen LogP contribution in [0.5, 0.6) is 0 Å². The Bertz CT molecular complexity index is 316. The predicted molar refractivity (Wildman–Crippen MR) is 61.6 cm³/mol. The minimum Gasteiger partial charge on any atom is -0.380 e. The number of nitrogens with one attached hydrogen (secondary N) is 1. The van der Waals surface area contributed by atoms with Crippen LogP contribution < -0.4 is 5.32 Å². The average molecular weight is 256 g/mol. The molecule has 1 saturated heterocycles. The second-order valence-corrected chi connectivity index (χ2v) is 4.54. The summed E-state index contributed by atoms with van der Waals surface area (Å²) in [5.41, 5.74) is 1.15. The van der Waals surface area contributed by atoms with Gasteiger partial charge in [0.15, 0.2) is 0 Å². The summed E-state index contributed by atoms with van der Waals surface area (Å²) in [5, 5.41) is 3.48. The minimum absolute atomic E-state index is 0.314. The van der Waals surface area contributed by atoms with Gasteiger partial charge in [-0.3, -0.25) is 0 Å². The Kier molecular flexibility index (Phi) is 3.08. The van der Waals surface area contributed by atoms with Crippen LogP contribution in [-0.4, -0.2) is 18.8 Å². The molecule has 3 heteroatoms. The van der Waals surface area contributed by atoms with E-state index in [0.717, 1.165) is 23.2 Å². The lowest BCUT2D eigenvalue weighted by Crippen LogP contribution is -2.26. The number of benzene rings is 1. The molecular formula is C11H14BrNO. The van der Waals surface area contributed by atoms with E-state index in [4.69, 9.17) is 4.74 Å². The number of hydrogen-bond acceptors (Lipinski definition) is 2. The number of halogens is 1. The van der Waals surface area contributed by atoms with E-state index >= 15 is 0 Å². The van der Waals surface area contributed by atoms with E-state index < -0.39 is 0 Å². The van der Waals surface area contributed by atoms with Crippen LogP contribution in [0.1, 0.15) is 13.3 Å². The summed E-state index contributed by atoms with van der Waals surface area (Å²) in [6.07, 6.45) is 1.40. The molecule has 1 aliphatic rings. The largest absolute Gasteiger partial charge is 0.380 e. The van der Waals surface area contributed by atoms with Gasteiger partial charge < -0.3 is 10.1 Å². The topological polar surface area (TPSA) is 21.3 Å². The molecule has 1 fully saturated rings. The SMILES string of the molecule is C[C@@H]1OCC[C@H]1Nc1cccc(Br)c1. The molecule has 0 saturated carbocycles. The van der Waals surface area contributed by atoms with Gasteiger partial charge in [0.25, 0.3) is 0 Å². The molecule has 1 heterocycles. The highest BCUT2D eigenvalue weighted by molar-refractivity contribution is 9.10. The number of hydrogen-bond donors (Lipinski definition) is 1. The molecule has 1 N–H and O–H groups in total. The quantitative estimate of drug-likeness (QED) is 0.878. The third-order valence-electron chi connectivity index (χ3n) is 2.55. The van der Waals surface area contributed by atoms with Crippen LogP contribution in [-0.2, 0) is 4.74 Å². The zero-order valence-corrected chi connectivity index (χ0v) is 9.75. The molecule has 1 aromatic rings. The second-order valence-electron chi connectivity index (χ2n) is 3.63. The maximum absolute atomic E-state index is 5.49. The summed E-state index contributed by atoms with van der Waals surface area (Å²) in [6, 6.07) is 8.68. The van der Waals surface area contributed by atoms with Crippen LogP contribution in [0.3, 0.4) is 0 Å². The Morgan fingerprint density at radius 2 is 2.36 bits per heavy atom. The van der Waals surface area contributed by atoms with Crippen molar-refractivity contribution in [3.63, 3.8) is 0 Å². The Labute approximate surface area is 92.8 Å². The summed E-state index contributed by atoms with van der Waals surface area (Å²) in [5.74, 6) is 0. The summed E-state index contributed by atoms with van der Waals surface area (Å²) < 4.78 is 6.60. The van der Waals surface area contributed by atoms with Crippen LogP contribution in [0.2, 0.25) is 0 Å². The summed E-state index contributed by atoms with van der Waals surface area (Å²) in [6.45, 7) is 2.98. The van der Waals surface area contributed by atoms with Crippen molar-refractivity contribution in [1.82, 2.24) is 0 Å². The lowest BCUT2D eigenvalue weighted by Gasteiger charge is -2.17. The molecular weight excluding hydrogens is 242 g/mol. The zero-order valence-electron chi connectivity index (χ0n) is 8.16. The van der Waals surface area contributed by atoms with E-state index in [1.165, 1.54) is 0 Å². The predicted octanol–water partition coefficient (Wildman–Crippen LogP) is 3.04. The van der Waals surface area contributed by atoms with Gasteiger partial charge in [-0.2, -0.15) is 0 Å². The van der Waals surface area contributed by atoms with Gasteiger partial charge in [0.05, 0.1) is 12.1 Å². The van der Waals surface area contributed by atoms with Gasteiger partial charge in [-0.1, -0.05) is 22.0 Å². The summed E-state index contributed by atoms with van der Waals surface area (Å²) in [7, 11) is 0. The fourth-order valence-corrected chi connectivity index (χ4v) is 2.11. The second kappa shape index (κ2) is 4.32. The van der Waals surface area contributed by atoms with Crippen LogP contribution in [0.15, 0.2) is 28.7 Å². The first kappa shape index (κ1) is 9.99. The molecule has 0 aromatic heterocycles. The van der Waals surface area contributed by atoms with E-state index in [-0.39, 0.29) is 0 Å². The third-order valence-corrected chi connectivity index (χ3v) is 3.05. The molecule has 2 atom stereocenters. The van der Waals surface area contributed by atoms with Crippen molar-refractivity contribution < 1.29 is 4.74 Å². The highest BCUT2D eigenvalue weighted by atomic mass is 79.9. The third kappa shape index (κ3) is 2.28. The normalized spacial score (nSPS) is 26.4. The maximum Gasteiger partial charge on any atom is 0.0748 e. The van der Waals surface area contributed by atoms with Crippen molar-refractivity contribution in [3.8, 4) is 0 Å². The van der Waals surface area contributed by atoms with E-state index in [0.29, 0.717) is 12.1 Å². The molecule has 2 nitrogen and oxygen atoms in total. The van der Waals surface area contributed by atoms with Crippen LogP contribution in [0.25, 0.3) is 0 Å². The smallest absolute Gasteiger partial charge is 0.0748 e. The van der Waals surface area contributed by atoms with E-state index in [2.05, 4.69) is 40.3 Å². The maximum atomic E-state index is 5.49. The van der Waals surface area contributed by atoms with Crippen LogP contribution >= 0.6 is 15.9 Å². The van der Waals surface area contributed by atoms with Crippen LogP contribution in [0, 0.1) is 0 Å². The fourth-order valence-electron chi connectivity index (χ4n) is 1.71. The molecule has 2 rings (SSSR count). The van der Waals surface area contributed by atoms with Gasteiger partial charge in [-0.25, -0.2) is 0 Å². The highest BCUT2D eigenvalue weighted by Crippen LogP contribution is 2.21. The molecule has 0 bridgehead atoms. The number of anilines is 1. The molecule has 1 aromatic carbocycles. The highest BCUT2D eigenvalue weighted by Gasteiger charge is 2.23. The number of rotatable bonds is 2. The van der Waals surface area contributed by atoms with Crippen LogP contribution in [0.4, 0.5) is 5.69 Å². The van der Waals surface area contributed by atoms with E-state index in [1.54, 1.807) is 0 Å². The van der Waals surface area contributed by atoms with Crippen molar-refractivity contribution in [2.45, 2.75) is 25.5 Å². The van der Waals surface area contributed by atoms with Crippen molar-refractivity contribution in [3.05, 3.63) is 28.7 Å². The minimum atomic E-state index is 0.314. The van der Waals surface area contributed by atoms with E-state index in [1.807, 2.05) is 12.1 Å². The van der Waals surface area contributed by atoms with Gasteiger partial charge in [-0.15, -0.1) is 0 Å². The zero-order chi connectivity index (χ0) is 9.97. The monoisotopic (exact) mass is 255 g/mol. The molecule has 76 valence electrons. The molecule has 0 unspecified atom stereocenters. The Balaban J connectivity index is 2.03. The van der Waals surface area contributed by atoms with Gasteiger partial charge in [0, 0.05) is 16.8 Å². The first-order valence-electron chi connectivity index (χ1n) is 4.89. The standard InChI is InChI=1S/C11H14BrNO/c1-8-11(5-6-14-8)13-10-4-2-3-9(12)7-10/h2-4,7-8,11,13H,5-6H2,1H3/t8-,11+/m0/s1.